The van der Waals surface area contributed by atoms with Gasteiger partial charge >= 0.3 is 11.7 Å². The lowest BCUT2D eigenvalue weighted by atomic mass is 10.0. The fraction of sp³-hybridized carbons (Fsp3) is 0.400. The molecule has 24 heavy (non-hydrogen) atoms. The minimum Gasteiger partial charge on any atom is -0.480 e. The molecule has 2 heterocycles. The highest BCUT2D eigenvalue weighted by Gasteiger charge is 2.22. The second-order valence-electron chi connectivity index (χ2n) is 5.91. The Morgan fingerprint density at radius 2 is 2.04 bits per heavy atom. The normalized spacial score (nSPS) is 12.3. The summed E-state index contributed by atoms with van der Waals surface area (Å²) in [7, 11) is 1.44. The Bertz CT molecular complexity index is 912. The molecule has 0 bridgehead atoms. The van der Waals surface area contributed by atoms with Gasteiger partial charge in [-0.25, -0.2) is 14.6 Å². The molecule has 2 aromatic heterocycles. The van der Waals surface area contributed by atoms with Gasteiger partial charge in [-0.15, -0.1) is 0 Å². The van der Waals surface area contributed by atoms with Gasteiger partial charge in [-0.1, -0.05) is 13.8 Å². The van der Waals surface area contributed by atoms with Gasteiger partial charge in [0, 0.05) is 13.2 Å². The van der Waals surface area contributed by atoms with Gasteiger partial charge in [-0.05, 0) is 18.4 Å². The summed E-state index contributed by atoms with van der Waals surface area (Å²) in [5, 5.41) is 11.7. The lowest BCUT2D eigenvalue weighted by Crippen LogP contribution is -2.41. The lowest BCUT2D eigenvalue weighted by Gasteiger charge is -2.16. The molecule has 0 aliphatic heterocycles. The number of aryl methyl sites for hydroxylation is 1. The number of pyridine rings is 1. The first-order valence-corrected chi connectivity index (χ1v) is 7.33. The number of carbonyl (C=O) groups is 2. The van der Waals surface area contributed by atoms with E-state index >= 15 is 0 Å². The first-order valence-electron chi connectivity index (χ1n) is 7.33. The van der Waals surface area contributed by atoms with Crippen molar-refractivity contribution < 1.29 is 14.7 Å². The Kier molecular flexibility index (Phi) is 4.82. The monoisotopic (exact) mass is 334 g/mol. The average Bonchev–Trinajstić information content (AvgIpc) is 2.51. The molecule has 0 fully saturated rings. The van der Waals surface area contributed by atoms with Crippen LogP contribution in [0.15, 0.2) is 21.9 Å². The minimum atomic E-state index is -1.13. The molecule has 9 heteroatoms. The molecule has 2 aromatic rings. The quantitative estimate of drug-likeness (QED) is 0.696. The number of nitrogens with one attached hydrogen (secondary N) is 2. The molecule has 2 rings (SSSR count). The number of rotatable bonds is 5. The predicted molar refractivity (Wildman–Crippen MR) is 85.9 cm³/mol. The van der Waals surface area contributed by atoms with E-state index in [-0.39, 0.29) is 28.9 Å². The summed E-state index contributed by atoms with van der Waals surface area (Å²) in [6, 6.07) is 0.246. The van der Waals surface area contributed by atoms with Crippen LogP contribution in [0.2, 0.25) is 0 Å². The largest absolute Gasteiger partial charge is 0.480 e. The average molecular weight is 334 g/mol. The Morgan fingerprint density at radius 1 is 1.38 bits per heavy atom. The maximum atomic E-state index is 12.3. The Balaban J connectivity index is 2.38. The van der Waals surface area contributed by atoms with Crippen LogP contribution in [0.3, 0.4) is 0 Å². The number of hydrogen-bond donors (Lipinski definition) is 3. The zero-order chi connectivity index (χ0) is 18.0. The fourth-order valence-electron chi connectivity index (χ4n) is 2.30. The SMILES string of the molecule is CC(C)CC(NC(=O)c1cnc2c(c1)c(=O)[nH]c(=O)n2C)C(=O)O. The molecule has 0 spiro atoms. The second kappa shape index (κ2) is 6.65. The third-order valence-electron chi connectivity index (χ3n) is 3.53. The van der Waals surface area contributed by atoms with Gasteiger partial charge in [0.25, 0.3) is 11.5 Å². The molecule has 3 N–H and O–H groups in total. The van der Waals surface area contributed by atoms with Gasteiger partial charge in [0.1, 0.15) is 11.7 Å². The van der Waals surface area contributed by atoms with Gasteiger partial charge in [0.2, 0.25) is 0 Å². The topological polar surface area (TPSA) is 134 Å². The number of carboxylic acids is 1. The molecule has 0 aromatic carbocycles. The van der Waals surface area contributed by atoms with Crippen molar-refractivity contribution in [2.45, 2.75) is 26.3 Å². The molecule has 1 unspecified atom stereocenters. The first kappa shape index (κ1) is 17.4. The van der Waals surface area contributed by atoms with Gasteiger partial charge < -0.3 is 10.4 Å². The molecule has 9 nitrogen and oxygen atoms in total. The predicted octanol–water partition coefficient (Wildman–Crippen LogP) is -0.149. The highest BCUT2D eigenvalue weighted by Crippen LogP contribution is 2.09. The number of fused-ring (bicyclic) bond motifs is 1. The fourth-order valence-corrected chi connectivity index (χ4v) is 2.30. The number of aliphatic carboxylic acids is 1. The molecular weight excluding hydrogens is 316 g/mol. The highest BCUT2D eigenvalue weighted by molar-refractivity contribution is 5.98. The van der Waals surface area contributed by atoms with Crippen LogP contribution in [0.25, 0.3) is 11.0 Å². The standard InChI is InChI=1S/C15H18N4O5/c1-7(2)4-10(14(22)23)17-12(20)8-5-9-11(16-6-8)19(3)15(24)18-13(9)21/h5-7,10H,4H2,1-3H3,(H,17,20)(H,22,23)(H,18,21,24). The summed E-state index contributed by atoms with van der Waals surface area (Å²) in [5.41, 5.74) is -1.09. The maximum absolute atomic E-state index is 12.3. The molecule has 0 aliphatic carbocycles. The van der Waals surface area contributed by atoms with Gasteiger partial charge in [-0.2, -0.15) is 0 Å². The van der Waals surface area contributed by atoms with Crippen LogP contribution < -0.4 is 16.6 Å². The number of aromatic nitrogens is 3. The van der Waals surface area contributed by atoms with Gasteiger partial charge in [-0.3, -0.25) is 19.1 Å². The van der Waals surface area contributed by atoms with E-state index in [0.717, 1.165) is 4.57 Å². The van der Waals surface area contributed by atoms with E-state index in [1.165, 1.54) is 19.3 Å². The van der Waals surface area contributed by atoms with Crippen LogP contribution in [0.1, 0.15) is 30.6 Å². The highest BCUT2D eigenvalue weighted by atomic mass is 16.4. The van der Waals surface area contributed by atoms with E-state index in [1.54, 1.807) is 0 Å². The van der Waals surface area contributed by atoms with E-state index < -0.39 is 29.2 Å². The summed E-state index contributed by atoms with van der Waals surface area (Å²) in [4.78, 5) is 53.0. The first-order chi connectivity index (χ1) is 11.2. The number of H-pyrrole nitrogens is 1. The summed E-state index contributed by atoms with van der Waals surface area (Å²) < 4.78 is 1.15. The molecule has 0 saturated heterocycles. The summed E-state index contributed by atoms with van der Waals surface area (Å²) in [5.74, 6) is -1.70. The van der Waals surface area contributed by atoms with Crippen molar-refractivity contribution in [1.29, 1.82) is 0 Å². The van der Waals surface area contributed by atoms with Crippen molar-refractivity contribution in [3.05, 3.63) is 38.7 Å². The third-order valence-corrected chi connectivity index (χ3v) is 3.53. The van der Waals surface area contributed by atoms with E-state index in [0.29, 0.717) is 0 Å². The number of nitrogens with zero attached hydrogens (tertiary/aromatic N) is 2. The van der Waals surface area contributed by atoms with E-state index in [1.807, 2.05) is 13.8 Å². The van der Waals surface area contributed by atoms with Gasteiger partial charge in [0.05, 0.1) is 10.9 Å². The Morgan fingerprint density at radius 3 is 2.62 bits per heavy atom. The van der Waals surface area contributed by atoms with E-state index in [2.05, 4.69) is 15.3 Å². The van der Waals surface area contributed by atoms with Crippen molar-refractivity contribution in [3.63, 3.8) is 0 Å². The Hall–Kier alpha value is -2.97. The smallest absolute Gasteiger partial charge is 0.329 e. The number of hydrogen-bond acceptors (Lipinski definition) is 5. The molecule has 0 saturated carbocycles. The summed E-state index contributed by atoms with van der Waals surface area (Å²) in [6.45, 7) is 3.69. The number of carbonyl (C=O) groups excluding carboxylic acids is 1. The molecule has 128 valence electrons. The summed E-state index contributed by atoms with van der Waals surface area (Å²) in [6.07, 6.45) is 1.47. The molecule has 0 radical (unpaired) electrons. The van der Waals surface area contributed by atoms with Crippen LogP contribution in [0.4, 0.5) is 0 Å². The van der Waals surface area contributed by atoms with Crippen molar-refractivity contribution >= 4 is 22.9 Å². The van der Waals surface area contributed by atoms with Crippen molar-refractivity contribution in [3.8, 4) is 0 Å². The molecule has 1 amide bonds. The van der Waals surface area contributed by atoms with Crippen molar-refractivity contribution in [1.82, 2.24) is 19.9 Å². The second-order valence-corrected chi connectivity index (χ2v) is 5.91. The van der Waals surface area contributed by atoms with Crippen LogP contribution in [0.5, 0.6) is 0 Å². The zero-order valence-electron chi connectivity index (χ0n) is 13.5. The zero-order valence-corrected chi connectivity index (χ0v) is 13.5. The molecular formula is C15H18N4O5. The number of aromatic amines is 1. The summed E-state index contributed by atoms with van der Waals surface area (Å²) >= 11 is 0. The minimum absolute atomic E-state index is 0.0432. The maximum Gasteiger partial charge on any atom is 0.329 e. The van der Waals surface area contributed by atoms with Gasteiger partial charge in [0.15, 0.2) is 0 Å². The van der Waals surface area contributed by atoms with Crippen LogP contribution in [-0.2, 0) is 11.8 Å². The Labute approximate surface area is 136 Å². The van der Waals surface area contributed by atoms with Crippen molar-refractivity contribution in [2.75, 3.05) is 0 Å². The van der Waals surface area contributed by atoms with Crippen LogP contribution >= 0.6 is 0 Å². The lowest BCUT2D eigenvalue weighted by molar-refractivity contribution is -0.139. The molecule has 1 atom stereocenters. The number of amides is 1. The van der Waals surface area contributed by atoms with Crippen molar-refractivity contribution in [2.24, 2.45) is 13.0 Å². The van der Waals surface area contributed by atoms with Crippen LogP contribution in [0, 0.1) is 5.92 Å². The van der Waals surface area contributed by atoms with E-state index in [9.17, 15) is 24.3 Å². The third kappa shape index (κ3) is 3.50. The molecule has 0 aliphatic rings. The van der Waals surface area contributed by atoms with E-state index in [4.69, 9.17) is 0 Å². The number of carboxylic acid groups (broad SMARTS) is 1. The van der Waals surface area contributed by atoms with Crippen LogP contribution in [-0.4, -0.2) is 37.6 Å².